The lowest BCUT2D eigenvalue weighted by Gasteiger charge is -2.34. The van der Waals surface area contributed by atoms with Crippen molar-refractivity contribution in [2.45, 2.75) is 31.2 Å². The van der Waals surface area contributed by atoms with Crippen molar-refractivity contribution in [2.75, 3.05) is 6.61 Å². The van der Waals surface area contributed by atoms with Gasteiger partial charge in [-0.05, 0) is 6.42 Å². The summed E-state index contributed by atoms with van der Waals surface area (Å²) < 4.78 is 15.4. The molecule has 0 radical (unpaired) electrons. The molecule has 0 amide bonds. The third-order valence-corrected chi connectivity index (χ3v) is 2.87. The first kappa shape index (κ1) is 12.0. The highest BCUT2D eigenvalue weighted by Gasteiger charge is 2.36. The Morgan fingerprint density at radius 3 is 2.57 bits per heavy atom. The first-order valence-corrected chi connectivity index (χ1v) is 5.48. The second-order valence-electron chi connectivity index (χ2n) is 3.45. The standard InChI is InChI=1S/C7H15NO5S/c8-14(12)13-5-1-4(3-9)7(11)6(10)2-5/h4-7,9-11H,1-3,8H2/t4?,5-,6?,7+,14?/m0/s1. The van der Waals surface area contributed by atoms with Crippen LogP contribution < -0.4 is 5.14 Å². The average molecular weight is 225 g/mol. The molecule has 0 heterocycles. The molecule has 5 atom stereocenters. The molecule has 0 saturated heterocycles. The first-order valence-electron chi connectivity index (χ1n) is 4.35. The van der Waals surface area contributed by atoms with E-state index in [0.29, 0.717) is 6.42 Å². The van der Waals surface area contributed by atoms with Gasteiger partial charge in [0.05, 0.1) is 18.3 Å². The van der Waals surface area contributed by atoms with E-state index in [0.717, 1.165) is 0 Å². The van der Waals surface area contributed by atoms with E-state index in [2.05, 4.69) is 0 Å². The highest BCUT2D eigenvalue weighted by Crippen LogP contribution is 2.27. The van der Waals surface area contributed by atoms with Crippen LogP contribution in [-0.2, 0) is 15.4 Å². The van der Waals surface area contributed by atoms with Crippen LogP contribution in [0.1, 0.15) is 12.8 Å². The Bertz CT molecular complexity index is 214. The van der Waals surface area contributed by atoms with Crippen LogP contribution in [-0.4, -0.2) is 44.4 Å². The molecule has 7 heteroatoms. The zero-order valence-electron chi connectivity index (χ0n) is 7.57. The predicted molar refractivity (Wildman–Crippen MR) is 49.0 cm³/mol. The summed E-state index contributed by atoms with van der Waals surface area (Å²) in [4.78, 5) is 0. The van der Waals surface area contributed by atoms with Gasteiger partial charge in [0.25, 0.3) is 0 Å². The number of rotatable bonds is 3. The molecule has 84 valence electrons. The molecule has 1 aliphatic rings. The normalized spacial score (nSPS) is 40.9. The van der Waals surface area contributed by atoms with Crippen LogP contribution in [0, 0.1) is 5.92 Å². The lowest BCUT2D eigenvalue weighted by atomic mass is 9.83. The van der Waals surface area contributed by atoms with Gasteiger partial charge in [-0.1, -0.05) is 0 Å². The quantitative estimate of drug-likeness (QED) is 0.445. The molecular weight excluding hydrogens is 210 g/mol. The fraction of sp³-hybridized carbons (Fsp3) is 1.00. The minimum absolute atomic E-state index is 0.181. The van der Waals surface area contributed by atoms with Gasteiger partial charge >= 0.3 is 0 Å². The Labute approximate surface area is 84.5 Å². The fourth-order valence-corrected chi connectivity index (χ4v) is 2.12. The molecule has 0 spiro atoms. The van der Waals surface area contributed by atoms with Crippen molar-refractivity contribution in [1.82, 2.24) is 0 Å². The molecule has 0 bridgehead atoms. The SMILES string of the molecule is NS(=O)O[C@@H]1CC(O)[C@H](O)C(CO)C1. The highest BCUT2D eigenvalue weighted by atomic mass is 32.2. The van der Waals surface area contributed by atoms with Crippen molar-refractivity contribution in [3.05, 3.63) is 0 Å². The molecule has 1 saturated carbocycles. The number of hydrogen-bond donors (Lipinski definition) is 4. The highest BCUT2D eigenvalue weighted by molar-refractivity contribution is 7.77. The molecule has 3 unspecified atom stereocenters. The minimum Gasteiger partial charge on any atom is -0.396 e. The molecule has 0 aromatic rings. The molecule has 1 fully saturated rings. The van der Waals surface area contributed by atoms with E-state index < -0.39 is 35.5 Å². The molecule has 5 N–H and O–H groups in total. The van der Waals surface area contributed by atoms with Crippen LogP contribution in [0.25, 0.3) is 0 Å². The number of nitrogens with two attached hydrogens (primary N) is 1. The topological polar surface area (TPSA) is 113 Å². The van der Waals surface area contributed by atoms with E-state index in [9.17, 15) is 14.4 Å². The molecule has 6 nitrogen and oxygen atoms in total. The molecular formula is C7H15NO5S. The monoisotopic (exact) mass is 225 g/mol. The molecule has 0 aromatic heterocycles. The summed E-state index contributed by atoms with van der Waals surface area (Å²) in [5.41, 5.74) is 0. The van der Waals surface area contributed by atoms with E-state index >= 15 is 0 Å². The zero-order chi connectivity index (χ0) is 10.7. The fourth-order valence-electron chi connectivity index (χ4n) is 1.69. The van der Waals surface area contributed by atoms with E-state index in [4.69, 9.17) is 14.4 Å². The predicted octanol–water partition coefficient (Wildman–Crippen LogP) is -1.97. The van der Waals surface area contributed by atoms with Gasteiger partial charge in [-0.25, -0.2) is 9.35 Å². The molecule has 14 heavy (non-hydrogen) atoms. The third kappa shape index (κ3) is 2.97. The van der Waals surface area contributed by atoms with Crippen LogP contribution in [0.3, 0.4) is 0 Å². The van der Waals surface area contributed by atoms with Crippen molar-refractivity contribution < 1.29 is 23.7 Å². The number of aliphatic hydroxyl groups is 3. The zero-order valence-corrected chi connectivity index (χ0v) is 8.39. The Kier molecular flexibility index (Phi) is 4.42. The minimum atomic E-state index is -1.88. The Balaban J connectivity index is 2.53. The molecule has 0 aromatic carbocycles. The largest absolute Gasteiger partial charge is 0.396 e. The van der Waals surface area contributed by atoms with Crippen molar-refractivity contribution in [2.24, 2.45) is 11.1 Å². The smallest absolute Gasteiger partial charge is 0.231 e. The van der Waals surface area contributed by atoms with Gasteiger partial charge < -0.3 is 15.3 Å². The van der Waals surface area contributed by atoms with Gasteiger partial charge in [-0.3, -0.25) is 4.18 Å². The van der Waals surface area contributed by atoms with Gasteiger partial charge in [0.2, 0.25) is 11.3 Å². The second kappa shape index (κ2) is 5.15. The van der Waals surface area contributed by atoms with Crippen molar-refractivity contribution >= 4 is 11.3 Å². The molecule has 0 aliphatic heterocycles. The van der Waals surface area contributed by atoms with Gasteiger partial charge in [0.15, 0.2) is 0 Å². The summed E-state index contributed by atoms with van der Waals surface area (Å²) in [7, 11) is 0. The average Bonchev–Trinajstić information content (AvgIpc) is 2.10. The molecule has 1 aliphatic carbocycles. The van der Waals surface area contributed by atoms with Gasteiger partial charge in [-0.15, -0.1) is 0 Å². The van der Waals surface area contributed by atoms with Crippen LogP contribution in [0.15, 0.2) is 0 Å². The summed E-state index contributed by atoms with van der Waals surface area (Å²) in [6.07, 6.45) is -1.87. The maximum atomic E-state index is 10.6. The third-order valence-electron chi connectivity index (χ3n) is 2.41. The van der Waals surface area contributed by atoms with Gasteiger partial charge in [0, 0.05) is 18.9 Å². The lowest BCUT2D eigenvalue weighted by Crippen LogP contribution is -2.45. The maximum Gasteiger partial charge on any atom is 0.231 e. The van der Waals surface area contributed by atoms with Crippen LogP contribution in [0.2, 0.25) is 0 Å². The Hall–Kier alpha value is -0.0500. The summed E-state index contributed by atoms with van der Waals surface area (Å²) in [6.45, 7) is -0.241. The summed E-state index contributed by atoms with van der Waals surface area (Å²) in [6, 6.07) is 0. The van der Waals surface area contributed by atoms with Crippen LogP contribution >= 0.6 is 0 Å². The Morgan fingerprint density at radius 1 is 1.43 bits per heavy atom. The lowest BCUT2D eigenvalue weighted by molar-refractivity contribution is -0.0872. The summed E-state index contributed by atoms with van der Waals surface area (Å²) >= 11 is -1.88. The van der Waals surface area contributed by atoms with E-state index in [1.165, 1.54) is 0 Å². The Morgan fingerprint density at radius 2 is 2.07 bits per heavy atom. The number of hydrogen-bond acceptors (Lipinski definition) is 5. The second-order valence-corrected chi connectivity index (χ2v) is 4.16. The van der Waals surface area contributed by atoms with Crippen molar-refractivity contribution in [3.63, 3.8) is 0 Å². The maximum absolute atomic E-state index is 10.6. The summed E-state index contributed by atoms with van der Waals surface area (Å²) in [5.74, 6) is -0.452. The first-order chi connectivity index (χ1) is 6.54. The molecule has 1 rings (SSSR count). The van der Waals surface area contributed by atoms with Crippen molar-refractivity contribution in [3.8, 4) is 0 Å². The van der Waals surface area contributed by atoms with E-state index in [-0.39, 0.29) is 13.0 Å². The van der Waals surface area contributed by atoms with Crippen LogP contribution in [0.4, 0.5) is 0 Å². The van der Waals surface area contributed by atoms with E-state index in [1.807, 2.05) is 0 Å². The number of aliphatic hydroxyl groups excluding tert-OH is 3. The van der Waals surface area contributed by atoms with Gasteiger partial charge in [0.1, 0.15) is 0 Å². The van der Waals surface area contributed by atoms with Gasteiger partial charge in [-0.2, -0.15) is 0 Å². The summed E-state index contributed by atoms with van der Waals surface area (Å²) in [5, 5.41) is 32.6. The van der Waals surface area contributed by atoms with Crippen LogP contribution in [0.5, 0.6) is 0 Å². The van der Waals surface area contributed by atoms with E-state index in [1.54, 1.807) is 0 Å². The van der Waals surface area contributed by atoms with Crippen molar-refractivity contribution in [1.29, 1.82) is 0 Å².